The van der Waals surface area contributed by atoms with E-state index in [4.69, 9.17) is 4.74 Å². The van der Waals surface area contributed by atoms with Crippen molar-refractivity contribution in [3.63, 3.8) is 0 Å². The average molecular weight is 183 g/mol. The summed E-state index contributed by atoms with van der Waals surface area (Å²) in [6, 6.07) is 0. The van der Waals surface area contributed by atoms with Crippen LogP contribution in [0.25, 0.3) is 0 Å². The fourth-order valence-electron chi connectivity index (χ4n) is 1.36. The van der Waals surface area contributed by atoms with Gasteiger partial charge in [0.15, 0.2) is 0 Å². The van der Waals surface area contributed by atoms with Crippen LogP contribution in [0, 0.1) is 0 Å². The molecule has 1 aliphatic rings. The van der Waals surface area contributed by atoms with Gasteiger partial charge >= 0.3 is 0 Å². The van der Waals surface area contributed by atoms with Crippen LogP contribution in [0.5, 0.6) is 0 Å². The monoisotopic (exact) mass is 183 g/mol. The molecule has 3 nitrogen and oxygen atoms in total. The first-order chi connectivity index (χ1) is 5.90. The van der Waals surface area contributed by atoms with Crippen LogP contribution in [-0.4, -0.2) is 17.4 Å². The third kappa shape index (κ3) is 1.40. The smallest absolute Gasteiger partial charge is 0.148 e. The molecule has 0 aliphatic carbocycles. The number of carbonyl (C=O) groups is 1. The predicted molar refractivity (Wildman–Crippen MR) is 45.0 cm³/mol. The minimum Gasteiger partial charge on any atom is -0.361 e. The Kier molecular flexibility index (Phi) is 2.19. The van der Waals surface area contributed by atoms with Gasteiger partial charge in [0.25, 0.3) is 0 Å². The molecule has 0 spiro atoms. The van der Waals surface area contributed by atoms with Crippen molar-refractivity contribution in [1.29, 1.82) is 0 Å². The summed E-state index contributed by atoms with van der Waals surface area (Å²) in [5.41, 5.74) is 2.75. The van der Waals surface area contributed by atoms with Gasteiger partial charge in [-0.2, -0.15) is 0 Å². The Morgan fingerprint density at radius 3 is 3.17 bits per heavy atom. The van der Waals surface area contributed by atoms with Crippen molar-refractivity contribution in [1.82, 2.24) is 4.98 Å². The SMILES string of the molecule is O=CC1CCC(c2cscn2)O1. The lowest BCUT2D eigenvalue weighted by Gasteiger charge is -2.05. The van der Waals surface area contributed by atoms with E-state index in [1.165, 1.54) is 0 Å². The molecular formula is C8H9NO2S. The van der Waals surface area contributed by atoms with Crippen LogP contribution in [0.2, 0.25) is 0 Å². The molecule has 2 heterocycles. The molecule has 0 N–H and O–H groups in total. The molecule has 4 heteroatoms. The lowest BCUT2D eigenvalue weighted by Crippen LogP contribution is -2.07. The summed E-state index contributed by atoms with van der Waals surface area (Å²) >= 11 is 1.56. The molecule has 0 radical (unpaired) electrons. The molecule has 2 rings (SSSR count). The van der Waals surface area contributed by atoms with Crippen LogP contribution < -0.4 is 0 Å². The van der Waals surface area contributed by atoms with Gasteiger partial charge in [-0.15, -0.1) is 11.3 Å². The fraction of sp³-hybridized carbons (Fsp3) is 0.500. The summed E-state index contributed by atoms with van der Waals surface area (Å²) in [5.74, 6) is 0. The van der Waals surface area contributed by atoms with Gasteiger partial charge in [-0.05, 0) is 12.8 Å². The summed E-state index contributed by atoms with van der Waals surface area (Å²) in [5, 5.41) is 1.97. The van der Waals surface area contributed by atoms with Crippen molar-refractivity contribution in [3.05, 3.63) is 16.6 Å². The molecule has 1 aliphatic heterocycles. The van der Waals surface area contributed by atoms with E-state index in [1.54, 1.807) is 16.8 Å². The minimum absolute atomic E-state index is 0.0476. The number of hydrogen-bond donors (Lipinski definition) is 0. The highest BCUT2D eigenvalue weighted by molar-refractivity contribution is 7.07. The normalized spacial score (nSPS) is 29.0. The number of thiazole rings is 1. The molecule has 1 aromatic rings. The van der Waals surface area contributed by atoms with Crippen molar-refractivity contribution in [2.45, 2.75) is 25.0 Å². The number of rotatable bonds is 2. The van der Waals surface area contributed by atoms with Crippen LogP contribution >= 0.6 is 11.3 Å². The van der Waals surface area contributed by atoms with Crippen molar-refractivity contribution in [2.75, 3.05) is 0 Å². The van der Waals surface area contributed by atoms with Crippen molar-refractivity contribution >= 4 is 17.6 Å². The summed E-state index contributed by atoms with van der Waals surface area (Å²) in [6.45, 7) is 0. The van der Waals surface area contributed by atoms with Gasteiger partial charge < -0.3 is 9.53 Å². The topological polar surface area (TPSA) is 39.2 Å². The van der Waals surface area contributed by atoms with E-state index in [9.17, 15) is 4.79 Å². The molecule has 2 atom stereocenters. The van der Waals surface area contributed by atoms with Crippen LogP contribution in [0.4, 0.5) is 0 Å². The lowest BCUT2D eigenvalue weighted by atomic mass is 10.2. The average Bonchev–Trinajstić information content (AvgIpc) is 2.75. The molecule has 2 unspecified atom stereocenters. The standard InChI is InChI=1S/C8H9NO2S/c10-3-6-1-2-8(11-6)7-4-12-5-9-7/h3-6,8H,1-2H2. The number of aromatic nitrogens is 1. The zero-order valence-corrected chi connectivity index (χ0v) is 7.29. The number of ether oxygens (including phenoxy) is 1. The molecule has 0 amide bonds. The maximum atomic E-state index is 10.4. The lowest BCUT2D eigenvalue weighted by molar-refractivity contribution is -0.117. The molecule has 64 valence electrons. The quantitative estimate of drug-likeness (QED) is 0.653. The second-order valence-electron chi connectivity index (χ2n) is 2.79. The Balaban J connectivity index is 2.04. The zero-order chi connectivity index (χ0) is 8.39. The summed E-state index contributed by atoms with van der Waals surface area (Å²) in [4.78, 5) is 14.5. The van der Waals surface area contributed by atoms with E-state index in [0.717, 1.165) is 24.8 Å². The maximum Gasteiger partial charge on any atom is 0.148 e. The summed E-state index contributed by atoms with van der Waals surface area (Å²) < 4.78 is 5.43. The van der Waals surface area contributed by atoms with Gasteiger partial charge in [0.1, 0.15) is 18.5 Å². The predicted octanol–water partition coefficient (Wildman–Crippen LogP) is 1.56. The molecule has 1 fully saturated rings. The molecule has 0 saturated carbocycles. The second-order valence-corrected chi connectivity index (χ2v) is 3.51. The first-order valence-corrected chi connectivity index (χ1v) is 4.83. The maximum absolute atomic E-state index is 10.4. The van der Waals surface area contributed by atoms with Crippen LogP contribution in [0.15, 0.2) is 10.9 Å². The van der Waals surface area contributed by atoms with E-state index in [-0.39, 0.29) is 12.2 Å². The molecular weight excluding hydrogens is 174 g/mol. The molecule has 1 saturated heterocycles. The largest absolute Gasteiger partial charge is 0.361 e. The van der Waals surface area contributed by atoms with E-state index >= 15 is 0 Å². The zero-order valence-electron chi connectivity index (χ0n) is 6.47. The Hall–Kier alpha value is -0.740. The highest BCUT2D eigenvalue weighted by Gasteiger charge is 2.26. The van der Waals surface area contributed by atoms with Gasteiger partial charge in [-0.3, -0.25) is 0 Å². The first kappa shape index (κ1) is 7.89. The van der Waals surface area contributed by atoms with E-state index in [1.807, 2.05) is 5.38 Å². The third-order valence-corrected chi connectivity index (χ3v) is 2.59. The van der Waals surface area contributed by atoms with Crippen molar-refractivity contribution in [3.8, 4) is 0 Å². The Morgan fingerprint density at radius 1 is 1.67 bits per heavy atom. The van der Waals surface area contributed by atoms with Crippen LogP contribution in [0.3, 0.4) is 0 Å². The van der Waals surface area contributed by atoms with E-state index in [0.29, 0.717) is 0 Å². The van der Waals surface area contributed by atoms with Crippen LogP contribution in [0.1, 0.15) is 24.6 Å². The highest BCUT2D eigenvalue weighted by Crippen LogP contribution is 2.31. The summed E-state index contributed by atoms with van der Waals surface area (Å²) in [6.07, 6.45) is 2.44. The highest BCUT2D eigenvalue weighted by atomic mass is 32.1. The van der Waals surface area contributed by atoms with Crippen LogP contribution in [-0.2, 0) is 9.53 Å². The molecule has 1 aromatic heterocycles. The van der Waals surface area contributed by atoms with Gasteiger partial charge in [0.05, 0.1) is 11.2 Å². The fourth-order valence-corrected chi connectivity index (χ4v) is 1.96. The number of hydrogen-bond acceptors (Lipinski definition) is 4. The number of carbonyl (C=O) groups excluding carboxylic acids is 1. The van der Waals surface area contributed by atoms with Gasteiger partial charge in [-0.1, -0.05) is 0 Å². The van der Waals surface area contributed by atoms with Gasteiger partial charge in [-0.25, -0.2) is 4.98 Å². The Bertz CT molecular complexity index is 260. The molecule has 12 heavy (non-hydrogen) atoms. The second kappa shape index (κ2) is 3.33. The van der Waals surface area contributed by atoms with Crippen molar-refractivity contribution < 1.29 is 9.53 Å². The third-order valence-electron chi connectivity index (χ3n) is 1.99. The minimum atomic E-state index is -0.211. The Labute approximate surface area is 74.4 Å². The Morgan fingerprint density at radius 2 is 2.58 bits per heavy atom. The first-order valence-electron chi connectivity index (χ1n) is 3.89. The van der Waals surface area contributed by atoms with E-state index in [2.05, 4.69) is 4.98 Å². The summed E-state index contributed by atoms with van der Waals surface area (Å²) in [7, 11) is 0. The number of aldehydes is 1. The van der Waals surface area contributed by atoms with Crippen molar-refractivity contribution in [2.24, 2.45) is 0 Å². The molecule has 0 aromatic carbocycles. The number of nitrogens with zero attached hydrogens (tertiary/aromatic N) is 1. The van der Waals surface area contributed by atoms with Gasteiger partial charge in [0, 0.05) is 5.38 Å². The van der Waals surface area contributed by atoms with Gasteiger partial charge in [0.2, 0.25) is 0 Å². The van der Waals surface area contributed by atoms with E-state index < -0.39 is 0 Å². The molecule has 0 bridgehead atoms.